The van der Waals surface area contributed by atoms with Crippen molar-refractivity contribution in [3.63, 3.8) is 0 Å². The van der Waals surface area contributed by atoms with Gasteiger partial charge in [0.05, 0.1) is 12.7 Å². The average molecular weight is 366 g/mol. The number of ether oxygens (including phenoxy) is 1. The quantitative estimate of drug-likeness (QED) is 0.493. The minimum Gasteiger partial charge on any atom is -0.466 e. The number of benzene rings is 1. The summed E-state index contributed by atoms with van der Waals surface area (Å²) in [5.74, 6) is -0.534. The van der Waals surface area contributed by atoms with Gasteiger partial charge in [0.25, 0.3) is 0 Å². The summed E-state index contributed by atoms with van der Waals surface area (Å²) in [6.45, 7) is 2.83. The zero-order chi connectivity index (χ0) is 19.2. The Balaban J connectivity index is 2.01. The van der Waals surface area contributed by atoms with Crippen LogP contribution in [0.3, 0.4) is 0 Å². The third kappa shape index (κ3) is 2.43. The van der Waals surface area contributed by atoms with Gasteiger partial charge in [-0.2, -0.15) is 0 Å². The lowest BCUT2D eigenvalue weighted by molar-refractivity contribution is -0.136. The lowest BCUT2D eigenvalue weighted by Crippen LogP contribution is -2.40. The zero-order valence-corrected chi connectivity index (χ0v) is 15.5. The van der Waals surface area contributed by atoms with Crippen LogP contribution in [0.4, 0.5) is 5.69 Å². The molecule has 1 N–H and O–H groups in total. The highest BCUT2D eigenvalue weighted by molar-refractivity contribution is 6.03. The van der Waals surface area contributed by atoms with Gasteiger partial charge in [0.1, 0.15) is 11.7 Å². The van der Waals surface area contributed by atoms with Gasteiger partial charge in [-0.25, -0.2) is 4.79 Å². The highest BCUT2D eigenvalue weighted by Gasteiger charge is 2.56. The maximum Gasteiger partial charge on any atom is 0.335 e. The number of rotatable bonds is 2. The normalized spacial score (nSPS) is 29.1. The number of nitrogens with zero attached hydrogens (tertiary/aromatic N) is 1. The Morgan fingerprint density at radius 1 is 1.33 bits per heavy atom. The predicted octanol–water partition coefficient (Wildman–Crippen LogP) is 2.17. The van der Waals surface area contributed by atoms with E-state index in [1.165, 1.54) is 7.11 Å². The van der Waals surface area contributed by atoms with Crippen LogP contribution in [0, 0.1) is 5.41 Å². The van der Waals surface area contributed by atoms with Crippen LogP contribution in [0.2, 0.25) is 0 Å². The van der Waals surface area contributed by atoms with E-state index in [0.717, 1.165) is 17.5 Å². The molecule has 1 fully saturated rings. The Morgan fingerprint density at radius 3 is 2.85 bits per heavy atom. The molecule has 1 amide bonds. The topological polar surface area (TPSA) is 75.7 Å². The molecule has 0 aliphatic carbocycles. The zero-order valence-electron chi connectivity index (χ0n) is 15.5. The number of para-hydroxylation sites is 1. The smallest absolute Gasteiger partial charge is 0.335 e. The second kappa shape index (κ2) is 6.08. The number of carbonyl (C=O) groups excluding carboxylic acids is 3. The van der Waals surface area contributed by atoms with Crippen LogP contribution in [0.15, 0.2) is 47.7 Å². The number of carbonyl (C=O) groups is 3. The van der Waals surface area contributed by atoms with Crippen LogP contribution in [-0.4, -0.2) is 43.3 Å². The minimum atomic E-state index is -0.922. The molecule has 0 saturated carbocycles. The lowest BCUT2D eigenvalue weighted by Gasteiger charge is -2.30. The summed E-state index contributed by atoms with van der Waals surface area (Å²) in [7, 11) is 1.32. The molecule has 3 heterocycles. The maximum atomic E-state index is 13.5. The molecule has 2 atom stereocenters. The second-order valence-corrected chi connectivity index (χ2v) is 7.63. The molecule has 1 saturated heterocycles. The van der Waals surface area contributed by atoms with Gasteiger partial charge in [-0.05, 0) is 31.4 Å². The summed E-state index contributed by atoms with van der Waals surface area (Å²) in [6, 6.07) is 7.64. The fraction of sp³-hybridized carbons (Fsp3) is 0.381. The predicted molar refractivity (Wildman–Crippen MR) is 99.9 cm³/mol. The Labute approximate surface area is 157 Å². The Bertz CT molecular complexity index is 903. The molecule has 0 radical (unpaired) electrons. The van der Waals surface area contributed by atoms with Gasteiger partial charge in [0, 0.05) is 29.9 Å². The van der Waals surface area contributed by atoms with Gasteiger partial charge >= 0.3 is 5.97 Å². The number of anilines is 1. The van der Waals surface area contributed by atoms with Gasteiger partial charge in [-0.15, -0.1) is 0 Å². The van der Waals surface area contributed by atoms with Crippen molar-refractivity contribution >= 4 is 23.9 Å². The van der Waals surface area contributed by atoms with Crippen molar-refractivity contribution < 1.29 is 19.1 Å². The van der Waals surface area contributed by atoms with Crippen molar-refractivity contribution in [2.45, 2.75) is 25.2 Å². The van der Waals surface area contributed by atoms with Crippen molar-refractivity contribution in [2.24, 2.45) is 5.41 Å². The molecular formula is C21H22N2O4. The monoisotopic (exact) mass is 366 g/mol. The number of nitrogens with one attached hydrogen (secondary N) is 1. The van der Waals surface area contributed by atoms with E-state index in [4.69, 9.17) is 4.74 Å². The maximum absolute atomic E-state index is 13.5. The van der Waals surface area contributed by atoms with Gasteiger partial charge in [0.2, 0.25) is 5.91 Å². The highest BCUT2D eigenvalue weighted by Crippen LogP contribution is 2.52. The number of hydrogen-bond donors (Lipinski definition) is 1. The number of allylic oxidation sites excluding steroid dienone is 1. The molecule has 0 unspecified atom stereocenters. The molecular weight excluding hydrogens is 344 g/mol. The van der Waals surface area contributed by atoms with E-state index < -0.39 is 16.8 Å². The van der Waals surface area contributed by atoms with Crippen LogP contribution in [0.1, 0.15) is 25.3 Å². The highest BCUT2D eigenvalue weighted by atomic mass is 16.5. The van der Waals surface area contributed by atoms with Crippen molar-refractivity contribution in [2.75, 3.05) is 25.5 Å². The van der Waals surface area contributed by atoms with Gasteiger partial charge in [0.15, 0.2) is 0 Å². The summed E-state index contributed by atoms with van der Waals surface area (Å²) in [5, 5.41) is 3.32. The summed E-state index contributed by atoms with van der Waals surface area (Å²) in [4.78, 5) is 39.8. The van der Waals surface area contributed by atoms with Crippen molar-refractivity contribution in [3.05, 3.63) is 53.3 Å². The van der Waals surface area contributed by atoms with Crippen molar-refractivity contribution in [1.82, 2.24) is 4.90 Å². The molecule has 2 bridgehead atoms. The number of esters is 1. The van der Waals surface area contributed by atoms with Gasteiger partial charge in [-0.1, -0.05) is 30.4 Å². The van der Waals surface area contributed by atoms with E-state index in [1.807, 2.05) is 30.3 Å². The second-order valence-electron chi connectivity index (χ2n) is 7.63. The summed E-state index contributed by atoms with van der Waals surface area (Å²) in [5.41, 5.74) is 0.844. The van der Waals surface area contributed by atoms with Crippen LogP contribution in [0.5, 0.6) is 0 Å². The van der Waals surface area contributed by atoms with Crippen molar-refractivity contribution in [1.29, 1.82) is 0 Å². The average Bonchev–Trinajstić information content (AvgIpc) is 3.18. The molecule has 0 aromatic heterocycles. The third-order valence-corrected chi connectivity index (χ3v) is 5.87. The molecule has 6 nitrogen and oxygen atoms in total. The molecule has 1 aromatic carbocycles. The molecule has 4 rings (SSSR count). The Hall–Kier alpha value is -2.89. The van der Waals surface area contributed by atoms with E-state index in [-0.39, 0.29) is 12.3 Å². The van der Waals surface area contributed by atoms with Crippen LogP contribution in [-0.2, 0) is 24.5 Å². The summed E-state index contributed by atoms with van der Waals surface area (Å²) < 4.78 is 5.04. The Kier molecular flexibility index (Phi) is 3.94. The molecule has 140 valence electrons. The number of amides is 1. The first-order valence-electron chi connectivity index (χ1n) is 9.07. The molecule has 6 heteroatoms. The first-order valence-corrected chi connectivity index (χ1v) is 9.07. The van der Waals surface area contributed by atoms with E-state index in [2.05, 4.69) is 5.32 Å². The van der Waals surface area contributed by atoms with E-state index >= 15 is 0 Å². The van der Waals surface area contributed by atoms with Crippen LogP contribution >= 0.6 is 0 Å². The van der Waals surface area contributed by atoms with Crippen molar-refractivity contribution in [3.8, 4) is 0 Å². The first-order chi connectivity index (χ1) is 12.9. The van der Waals surface area contributed by atoms with E-state index in [9.17, 15) is 14.4 Å². The third-order valence-electron chi connectivity index (χ3n) is 5.87. The molecule has 3 aliphatic heterocycles. The fourth-order valence-corrected chi connectivity index (χ4v) is 4.47. The minimum absolute atomic E-state index is 0.0179. The van der Waals surface area contributed by atoms with Gasteiger partial charge in [-0.3, -0.25) is 4.79 Å². The summed E-state index contributed by atoms with van der Waals surface area (Å²) in [6.07, 6.45) is 5.23. The fourth-order valence-electron chi connectivity index (χ4n) is 4.47. The standard InChI is InChI=1S/C21H22N2O4/c1-20(13-24)8-5-10-23-11-9-21(19(23)26)15-6-3-4-7-16(15)22-17(21)14(12-20)18(25)27-2/h3-8,13,22H,9-12H2,1-2H3/t20-,21+/m1/s1. The largest absolute Gasteiger partial charge is 0.466 e. The molecule has 3 aliphatic rings. The number of aldehydes is 1. The summed E-state index contributed by atoms with van der Waals surface area (Å²) >= 11 is 0. The SMILES string of the molecule is COC(=O)C1=C2Nc3ccccc3[C@@]23CCN(CC=C[C@@](C)(C=O)C1)C3=O. The van der Waals surface area contributed by atoms with E-state index in [0.29, 0.717) is 30.8 Å². The lowest BCUT2D eigenvalue weighted by atomic mass is 9.74. The van der Waals surface area contributed by atoms with Crippen LogP contribution in [0.25, 0.3) is 0 Å². The molecule has 27 heavy (non-hydrogen) atoms. The number of methoxy groups -OCH3 is 1. The Morgan fingerprint density at radius 2 is 2.11 bits per heavy atom. The van der Waals surface area contributed by atoms with Crippen LogP contribution < -0.4 is 5.32 Å². The van der Waals surface area contributed by atoms with Gasteiger partial charge < -0.3 is 19.7 Å². The number of hydrogen-bond acceptors (Lipinski definition) is 5. The molecule has 1 spiro atoms. The number of fused-ring (bicyclic) bond motifs is 2. The first kappa shape index (κ1) is 17.5. The molecule has 1 aromatic rings. The van der Waals surface area contributed by atoms with E-state index in [1.54, 1.807) is 17.9 Å².